The lowest BCUT2D eigenvalue weighted by Crippen LogP contribution is -2.22. The van der Waals surface area contributed by atoms with E-state index >= 15 is 0 Å². The van der Waals surface area contributed by atoms with E-state index in [1.54, 1.807) is 6.20 Å². The molecular weight excluding hydrogens is 126 g/mol. The van der Waals surface area contributed by atoms with Crippen molar-refractivity contribution in [2.24, 2.45) is 0 Å². The molecule has 2 heteroatoms. The van der Waals surface area contributed by atoms with Gasteiger partial charge in [-0.3, -0.25) is 10.3 Å². The highest BCUT2D eigenvalue weighted by atomic mass is 16.7. The Morgan fingerprint density at radius 3 is 2.60 bits per heavy atom. The first-order valence-corrected chi connectivity index (χ1v) is 3.95. The molecule has 0 atom stereocenters. The van der Waals surface area contributed by atoms with Crippen molar-refractivity contribution >= 4 is 0 Å². The molecule has 1 aliphatic rings. The van der Waals surface area contributed by atoms with Crippen LogP contribution < -0.4 is 5.48 Å². The molecule has 2 nitrogen and oxygen atoms in total. The van der Waals surface area contributed by atoms with E-state index in [0.717, 1.165) is 0 Å². The summed E-state index contributed by atoms with van der Waals surface area (Å²) in [6.07, 6.45) is 8.38. The van der Waals surface area contributed by atoms with Gasteiger partial charge in [-0.2, -0.15) is 0 Å². The molecule has 58 valence electrons. The summed E-state index contributed by atoms with van der Waals surface area (Å²) in [5, 5.41) is 0. The number of hydrogen-bond donors (Lipinski definition) is 1. The summed E-state index contributed by atoms with van der Waals surface area (Å²) in [7, 11) is 0. The van der Waals surface area contributed by atoms with E-state index in [4.69, 9.17) is 4.84 Å². The van der Waals surface area contributed by atoms with Crippen LogP contribution in [-0.4, -0.2) is 6.10 Å². The normalized spacial score (nSPS) is 20.4. The lowest BCUT2D eigenvalue weighted by Gasteiger charge is -2.20. The van der Waals surface area contributed by atoms with Crippen LogP contribution in [0.15, 0.2) is 12.8 Å². The summed E-state index contributed by atoms with van der Waals surface area (Å²) in [6.45, 7) is 3.51. The fraction of sp³-hybridized carbons (Fsp3) is 0.750. The van der Waals surface area contributed by atoms with E-state index in [9.17, 15) is 0 Å². The van der Waals surface area contributed by atoms with Crippen molar-refractivity contribution in [2.75, 3.05) is 0 Å². The summed E-state index contributed by atoms with van der Waals surface area (Å²) in [5.41, 5.74) is 2.68. The quantitative estimate of drug-likeness (QED) is 0.607. The molecule has 1 rings (SSSR count). The molecule has 1 saturated carbocycles. The van der Waals surface area contributed by atoms with Gasteiger partial charge in [-0.25, -0.2) is 0 Å². The molecule has 0 aromatic heterocycles. The second-order valence-electron chi connectivity index (χ2n) is 2.70. The number of hydrogen-bond acceptors (Lipinski definition) is 2. The average molecular weight is 141 g/mol. The fourth-order valence-electron chi connectivity index (χ4n) is 1.33. The third kappa shape index (κ3) is 2.40. The Kier molecular flexibility index (Phi) is 3.30. The standard InChI is InChI=1S/C8H15NO/c1-2-9-10-8-6-4-3-5-7-8/h2,8-9H,1,3-7H2. The van der Waals surface area contributed by atoms with Crippen molar-refractivity contribution in [2.45, 2.75) is 38.2 Å². The van der Waals surface area contributed by atoms with Gasteiger partial charge in [0, 0.05) is 6.20 Å². The average Bonchev–Trinajstić information content (AvgIpc) is 2.03. The molecule has 0 spiro atoms. The van der Waals surface area contributed by atoms with Crippen LogP contribution in [-0.2, 0) is 4.84 Å². The van der Waals surface area contributed by atoms with Crippen LogP contribution in [0, 0.1) is 0 Å². The molecule has 1 N–H and O–H groups in total. The van der Waals surface area contributed by atoms with Crippen LogP contribution in [0.1, 0.15) is 32.1 Å². The maximum Gasteiger partial charge on any atom is 0.0853 e. The van der Waals surface area contributed by atoms with Crippen LogP contribution in [0.3, 0.4) is 0 Å². The number of nitrogens with one attached hydrogen (secondary N) is 1. The van der Waals surface area contributed by atoms with E-state index in [2.05, 4.69) is 12.1 Å². The Balaban J connectivity index is 2.07. The third-order valence-corrected chi connectivity index (χ3v) is 1.87. The molecule has 0 amide bonds. The molecule has 0 aliphatic heterocycles. The van der Waals surface area contributed by atoms with E-state index in [-0.39, 0.29) is 0 Å². The molecule has 0 aromatic rings. The Morgan fingerprint density at radius 2 is 2.00 bits per heavy atom. The monoisotopic (exact) mass is 141 g/mol. The highest BCUT2D eigenvalue weighted by Gasteiger charge is 2.12. The maximum absolute atomic E-state index is 5.26. The van der Waals surface area contributed by atoms with Crippen LogP contribution in [0.25, 0.3) is 0 Å². The molecule has 0 saturated heterocycles. The van der Waals surface area contributed by atoms with Gasteiger partial charge in [0.05, 0.1) is 6.10 Å². The third-order valence-electron chi connectivity index (χ3n) is 1.87. The van der Waals surface area contributed by atoms with Crippen LogP contribution in [0.2, 0.25) is 0 Å². The highest BCUT2D eigenvalue weighted by molar-refractivity contribution is 4.65. The van der Waals surface area contributed by atoms with Crippen LogP contribution in [0.4, 0.5) is 0 Å². The number of hydroxylamine groups is 1. The summed E-state index contributed by atoms with van der Waals surface area (Å²) in [6, 6.07) is 0. The zero-order chi connectivity index (χ0) is 7.23. The van der Waals surface area contributed by atoms with Gasteiger partial charge in [0.2, 0.25) is 0 Å². The van der Waals surface area contributed by atoms with Gasteiger partial charge in [0.15, 0.2) is 0 Å². The number of rotatable bonds is 3. The van der Waals surface area contributed by atoms with Crippen LogP contribution in [0.5, 0.6) is 0 Å². The first-order valence-electron chi connectivity index (χ1n) is 3.95. The van der Waals surface area contributed by atoms with Gasteiger partial charge in [-0.15, -0.1) is 0 Å². The first-order chi connectivity index (χ1) is 4.93. The van der Waals surface area contributed by atoms with E-state index in [1.807, 2.05) is 0 Å². The summed E-state index contributed by atoms with van der Waals surface area (Å²) in [5.74, 6) is 0. The highest BCUT2D eigenvalue weighted by Crippen LogP contribution is 2.19. The van der Waals surface area contributed by atoms with E-state index in [0.29, 0.717) is 6.10 Å². The van der Waals surface area contributed by atoms with Crippen molar-refractivity contribution in [3.05, 3.63) is 12.8 Å². The molecular formula is C8H15NO. The minimum Gasteiger partial charge on any atom is -0.275 e. The van der Waals surface area contributed by atoms with Gasteiger partial charge >= 0.3 is 0 Å². The Bertz CT molecular complexity index is 97.4. The van der Waals surface area contributed by atoms with Gasteiger partial charge in [0.1, 0.15) is 0 Å². The Labute approximate surface area is 62.2 Å². The topological polar surface area (TPSA) is 21.3 Å². The second kappa shape index (κ2) is 4.34. The Morgan fingerprint density at radius 1 is 1.30 bits per heavy atom. The van der Waals surface area contributed by atoms with Crippen molar-refractivity contribution in [1.82, 2.24) is 5.48 Å². The first kappa shape index (κ1) is 7.61. The minimum absolute atomic E-state index is 0.423. The summed E-state index contributed by atoms with van der Waals surface area (Å²) in [4.78, 5) is 5.26. The molecule has 1 aliphatic carbocycles. The SMILES string of the molecule is C=CNOC1CCCCC1. The van der Waals surface area contributed by atoms with E-state index < -0.39 is 0 Å². The molecule has 0 radical (unpaired) electrons. The smallest absolute Gasteiger partial charge is 0.0853 e. The van der Waals surface area contributed by atoms with Crippen molar-refractivity contribution in [3.63, 3.8) is 0 Å². The fourth-order valence-corrected chi connectivity index (χ4v) is 1.33. The molecule has 0 aromatic carbocycles. The zero-order valence-electron chi connectivity index (χ0n) is 6.31. The van der Waals surface area contributed by atoms with Gasteiger partial charge < -0.3 is 0 Å². The molecule has 0 bridgehead atoms. The van der Waals surface area contributed by atoms with Crippen molar-refractivity contribution in [1.29, 1.82) is 0 Å². The molecule has 1 fully saturated rings. The van der Waals surface area contributed by atoms with Gasteiger partial charge in [-0.1, -0.05) is 25.8 Å². The molecule has 0 unspecified atom stereocenters. The van der Waals surface area contributed by atoms with E-state index in [1.165, 1.54) is 32.1 Å². The largest absolute Gasteiger partial charge is 0.275 e. The predicted molar refractivity (Wildman–Crippen MR) is 41.3 cm³/mol. The molecule has 10 heavy (non-hydrogen) atoms. The zero-order valence-corrected chi connectivity index (χ0v) is 6.31. The molecule has 0 heterocycles. The Hall–Kier alpha value is -0.500. The summed E-state index contributed by atoms with van der Waals surface area (Å²) < 4.78 is 0. The predicted octanol–water partition coefficient (Wildman–Crippen LogP) is 1.98. The van der Waals surface area contributed by atoms with Crippen molar-refractivity contribution in [3.8, 4) is 0 Å². The van der Waals surface area contributed by atoms with Crippen LogP contribution >= 0.6 is 0 Å². The lowest BCUT2D eigenvalue weighted by atomic mass is 9.98. The second-order valence-corrected chi connectivity index (χ2v) is 2.70. The van der Waals surface area contributed by atoms with Gasteiger partial charge in [0.25, 0.3) is 0 Å². The van der Waals surface area contributed by atoms with Crippen molar-refractivity contribution < 1.29 is 4.84 Å². The lowest BCUT2D eigenvalue weighted by molar-refractivity contribution is -0.0203. The maximum atomic E-state index is 5.26. The summed E-state index contributed by atoms with van der Waals surface area (Å²) >= 11 is 0. The minimum atomic E-state index is 0.423. The van der Waals surface area contributed by atoms with Gasteiger partial charge in [-0.05, 0) is 12.8 Å².